The Kier molecular flexibility index (Phi) is 5.01. The van der Waals surface area contributed by atoms with Gasteiger partial charge in [-0.15, -0.1) is 0 Å². The Morgan fingerprint density at radius 2 is 1.64 bits per heavy atom. The first-order valence-corrected chi connectivity index (χ1v) is 9.47. The van der Waals surface area contributed by atoms with E-state index in [0.717, 1.165) is 0 Å². The lowest BCUT2D eigenvalue weighted by Gasteiger charge is -2.16. The standard InChI is InChI=1S/C22H18ClNO4/c23-15-10-8-14(9-11-15)20(25)13-28-17-5-3-4-16(12-17)24-21(26)18-6-1-2-7-19(18)22(24)27/h1-5,8-12,18-19H,6-7,13H2/t18-,19-/m0/s1. The van der Waals surface area contributed by atoms with Crippen LogP contribution in [0.4, 0.5) is 5.69 Å². The number of benzene rings is 2. The number of allylic oxidation sites excluding steroid dienone is 2. The van der Waals surface area contributed by atoms with Crippen LogP contribution in [-0.2, 0) is 9.59 Å². The molecule has 1 saturated heterocycles. The van der Waals surface area contributed by atoms with E-state index in [1.807, 2.05) is 12.2 Å². The number of amides is 2. The molecule has 0 aromatic heterocycles. The summed E-state index contributed by atoms with van der Waals surface area (Å²) in [5, 5.41) is 0.556. The number of ketones is 1. The molecule has 28 heavy (non-hydrogen) atoms. The number of nitrogens with zero attached hydrogens (tertiary/aromatic N) is 1. The second-order valence-electron chi connectivity index (χ2n) is 6.88. The number of halogens is 1. The summed E-state index contributed by atoms with van der Waals surface area (Å²) >= 11 is 5.83. The van der Waals surface area contributed by atoms with Crippen LogP contribution < -0.4 is 9.64 Å². The summed E-state index contributed by atoms with van der Waals surface area (Å²) in [5.74, 6) is -0.675. The van der Waals surface area contributed by atoms with Gasteiger partial charge >= 0.3 is 0 Å². The van der Waals surface area contributed by atoms with Crippen LogP contribution in [0.2, 0.25) is 5.02 Å². The first-order valence-electron chi connectivity index (χ1n) is 9.09. The summed E-state index contributed by atoms with van der Waals surface area (Å²) in [6.45, 7) is -0.151. The van der Waals surface area contributed by atoms with Crippen molar-refractivity contribution in [2.75, 3.05) is 11.5 Å². The maximum atomic E-state index is 12.7. The quantitative estimate of drug-likeness (QED) is 0.435. The fraction of sp³-hybridized carbons (Fsp3) is 0.227. The second kappa shape index (κ2) is 7.60. The van der Waals surface area contributed by atoms with E-state index in [1.54, 1.807) is 48.5 Å². The summed E-state index contributed by atoms with van der Waals surface area (Å²) in [6.07, 6.45) is 5.10. The molecule has 0 bridgehead atoms. The van der Waals surface area contributed by atoms with Crippen molar-refractivity contribution in [1.82, 2.24) is 0 Å². The minimum absolute atomic E-state index is 0.151. The van der Waals surface area contributed by atoms with Gasteiger partial charge in [-0.3, -0.25) is 14.4 Å². The number of anilines is 1. The number of carbonyl (C=O) groups excluding carboxylic acids is 3. The van der Waals surface area contributed by atoms with E-state index in [0.29, 0.717) is 34.9 Å². The van der Waals surface area contributed by atoms with Crippen molar-refractivity contribution in [2.24, 2.45) is 11.8 Å². The predicted octanol–water partition coefficient (Wildman–Crippen LogP) is 4.06. The molecule has 1 fully saturated rings. The lowest BCUT2D eigenvalue weighted by Crippen LogP contribution is -2.30. The molecule has 2 amide bonds. The molecule has 0 saturated carbocycles. The minimum atomic E-state index is -0.284. The maximum absolute atomic E-state index is 12.7. The van der Waals surface area contributed by atoms with E-state index >= 15 is 0 Å². The normalized spacial score (nSPS) is 21.0. The highest BCUT2D eigenvalue weighted by molar-refractivity contribution is 6.30. The third-order valence-electron chi connectivity index (χ3n) is 5.12. The largest absolute Gasteiger partial charge is 0.485 e. The topological polar surface area (TPSA) is 63.7 Å². The Hall–Kier alpha value is -2.92. The van der Waals surface area contributed by atoms with Gasteiger partial charge in [0, 0.05) is 16.7 Å². The molecule has 0 radical (unpaired) electrons. The molecule has 142 valence electrons. The molecule has 2 aromatic carbocycles. The van der Waals surface area contributed by atoms with Crippen LogP contribution >= 0.6 is 11.6 Å². The number of carbonyl (C=O) groups is 3. The highest BCUT2D eigenvalue weighted by Gasteiger charge is 2.47. The van der Waals surface area contributed by atoms with E-state index in [1.165, 1.54) is 4.90 Å². The number of Topliss-reactive ketones (excluding diaryl/α,β-unsaturated/α-hetero) is 1. The molecular formula is C22H18ClNO4. The molecule has 0 spiro atoms. The molecule has 2 aromatic rings. The highest BCUT2D eigenvalue weighted by atomic mass is 35.5. The molecular weight excluding hydrogens is 378 g/mol. The molecule has 0 unspecified atom stereocenters. The average molecular weight is 396 g/mol. The van der Waals surface area contributed by atoms with Crippen molar-refractivity contribution in [3.05, 3.63) is 71.3 Å². The highest BCUT2D eigenvalue weighted by Crippen LogP contribution is 2.38. The van der Waals surface area contributed by atoms with Gasteiger partial charge in [-0.1, -0.05) is 29.8 Å². The van der Waals surface area contributed by atoms with Gasteiger partial charge in [0.15, 0.2) is 12.4 Å². The number of hydrogen-bond acceptors (Lipinski definition) is 4. The van der Waals surface area contributed by atoms with Gasteiger partial charge < -0.3 is 4.74 Å². The van der Waals surface area contributed by atoms with Crippen LogP contribution in [0.15, 0.2) is 60.7 Å². The Morgan fingerprint density at radius 3 is 2.29 bits per heavy atom. The van der Waals surface area contributed by atoms with Crippen molar-refractivity contribution in [3.63, 3.8) is 0 Å². The Labute approximate surface area is 167 Å². The van der Waals surface area contributed by atoms with Crippen molar-refractivity contribution in [2.45, 2.75) is 12.8 Å². The van der Waals surface area contributed by atoms with Crippen LogP contribution in [0, 0.1) is 11.8 Å². The first-order chi connectivity index (χ1) is 13.5. The summed E-state index contributed by atoms with van der Waals surface area (Å²) in [7, 11) is 0. The number of hydrogen-bond donors (Lipinski definition) is 0. The molecule has 0 N–H and O–H groups in total. The van der Waals surface area contributed by atoms with Gasteiger partial charge in [0.1, 0.15) is 5.75 Å². The monoisotopic (exact) mass is 395 g/mol. The summed E-state index contributed by atoms with van der Waals surface area (Å²) in [4.78, 5) is 38.9. The van der Waals surface area contributed by atoms with Crippen molar-refractivity contribution >= 4 is 34.9 Å². The first kappa shape index (κ1) is 18.4. The van der Waals surface area contributed by atoms with Crippen LogP contribution in [0.3, 0.4) is 0 Å². The average Bonchev–Trinajstić information content (AvgIpc) is 2.98. The zero-order valence-electron chi connectivity index (χ0n) is 15.0. The fourth-order valence-corrected chi connectivity index (χ4v) is 3.76. The SMILES string of the molecule is O=C(COc1cccc(N2C(=O)[C@H]3CC=CC[C@@H]3C2=O)c1)c1ccc(Cl)cc1. The van der Waals surface area contributed by atoms with Crippen molar-refractivity contribution in [1.29, 1.82) is 0 Å². The summed E-state index contributed by atoms with van der Waals surface area (Å²) < 4.78 is 5.60. The molecule has 1 aliphatic carbocycles. The smallest absolute Gasteiger partial charge is 0.238 e. The molecule has 2 atom stereocenters. The molecule has 2 aliphatic rings. The third-order valence-corrected chi connectivity index (χ3v) is 5.37. The minimum Gasteiger partial charge on any atom is -0.485 e. The summed E-state index contributed by atoms with van der Waals surface area (Å²) in [6, 6.07) is 13.3. The molecule has 4 rings (SSSR count). The lowest BCUT2D eigenvalue weighted by molar-refractivity contribution is -0.122. The van der Waals surface area contributed by atoms with Gasteiger partial charge in [0.25, 0.3) is 0 Å². The number of imide groups is 1. The van der Waals surface area contributed by atoms with Crippen LogP contribution in [-0.4, -0.2) is 24.2 Å². The number of rotatable bonds is 5. The maximum Gasteiger partial charge on any atom is 0.238 e. The zero-order chi connectivity index (χ0) is 19.7. The van der Waals surface area contributed by atoms with Crippen LogP contribution in [0.25, 0.3) is 0 Å². The van der Waals surface area contributed by atoms with Gasteiger partial charge in [0.2, 0.25) is 11.8 Å². The van der Waals surface area contributed by atoms with E-state index < -0.39 is 0 Å². The Bertz CT molecular complexity index is 941. The van der Waals surface area contributed by atoms with Gasteiger partial charge in [0.05, 0.1) is 17.5 Å². The Morgan fingerprint density at radius 1 is 1.00 bits per heavy atom. The Balaban J connectivity index is 1.47. The summed E-state index contributed by atoms with van der Waals surface area (Å²) in [5.41, 5.74) is 0.975. The van der Waals surface area contributed by atoms with E-state index in [4.69, 9.17) is 16.3 Å². The van der Waals surface area contributed by atoms with E-state index in [9.17, 15) is 14.4 Å². The number of fused-ring (bicyclic) bond motifs is 1. The van der Waals surface area contributed by atoms with Crippen molar-refractivity contribution < 1.29 is 19.1 Å². The molecule has 1 heterocycles. The lowest BCUT2D eigenvalue weighted by atomic mass is 9.85. The molecule has 6 heteroatoms. The van der Waals surface area contributed by atoms with Crippen LogP contribution in [0.5, 0.6) is 5.75 Å². The van der Waals surface area contributed by atoms with Crippen molar-refractivity contribution in [3.8, 4) is 5.75 Å². The second-order valence-corrected chi connectivity index (χ2v) is 7.32. The zero-order valence-corrected chi connectivity index (χ0v) is 15.8. The van der Waals surface area contributed by atoms with Gasteiger partial charge in [-0.05, 0) is 49.2 Å². The molecule has 1 aliphatic heterocycles. The van der Waals surface area contributed by atoms with Gasteiger partial charge in [-0.2, -0.15) is 0 Å². The third kappa shape index (κ3) is 3.45. The van der Waals surface area contributed by atoms with Crippen LogP contribution in [0.1, 0.15) is 23.2 Å². The molecule has 5 nitrogen and oxygen atoms in total. The number of ether oxygens (including phenoxy) is 1. The van der Waals surface area contributed by atoms with E-state index in [-0.39, 0.29) is 36.0 Å². The van der Waals surface area contributed by atoms with Gasteiger partial charge in [-0.25, -0.2) is 4.90 Å². The predicted molar refractivity (Wildman–Crippen MR) is 106 cm³/mol. The fourth-order valence-electron chi connectivity index (χ4n) is 3.64. The van der Waals surface area contributed by atoms with E-state index in [2.05, 4.69) is 0 Å².